The van der Waals surface area contributed by atoms with Crippen LogP contribution in [-0.2, 0) is 179 Å². The van der Waals surface area contributed by atoms with Gasteiger partial charge in [-0.05, 0) is 131 Å². The van der Waals surface area contributed by atoms with E-state index in [0.29, 0.717) is 17.5 Å². The molecule has 0 saturated carbocycles. The minimum Gasteiger partial charge on any atom is -0.383 e. The predicted octanol–water partition coefficient (Wildman–Crippen LogP) is 0.521. The Morgan fingerprint density at radius 3 is 0.825 bits per heavy atom. The quantitative estimate of drug-likeness (QED) is 0.0232. The van der Waals surface area contributed by atoms with E-state index in [-0.39, 0.29) is 76.6 Å². The van der Waals surface area contributed by atoms with Gasteiger partial charge in [0.25, 0.3) is 22.2 Å². The molecule has 28 atom stereocenters. The van der Waals surface area contributed by atoms with Gasteiger partial charge in [0.15, 0.2) is 11.5 Å². The fraction of sp³-hybridized carbons (Fsp3) is 0.597. The maximum absolute atomic E-state index is 13.6. The second-order valence-corrected chi connectivity index (χ2v) is 53.3. The average molecular weight is 2280 g/mol. The largest absolute Gasteiger partial charge is 0.383 e. The Morgan fingerprint density at radius 2 is 0.566 bits per heavy atom. The molecule has 15 heterocycles. The van der Waals surface area contributed by atoms with E-state index in [1.807, 2.05) is 0 Å². The van der Waals surface area contributed by atoms with E-state index in [9.17, 15) is 82.2 Å². The Bertz CT molecular complexity index is 7180. The van der Waals surface area contributed by atoms with Crippen LogP contribution >= 0.6 is 47.0 Å². The molecule has 0 spiro atoms. The summed E-state index contributed by atoms with van der Waals surface area (Å²) in [6, 6.07) is 0. The molecule has 0 amide bonds. The zero-order valence-corrected chi connectivity index (χ0v) is 88.0. The van der Waals surface area contributed by atoms with Crippen molar-refractivity contribution in [1.82, 2.24) is 76.8 Å². The third-order valence-corrected chi connectivity index (χ3v) is 34.9. The summed E-state index contributed by atoms with van der Waals surface area (Å²) in [6.07, 6.45) is -19.0. The molecule has 15 rings (SSSR count). The van der Waals surface area contributed by atoms with Crippen LogP contribution in [0.15, 0.2) is 97.8 Å². The van der Waals surface area contributed by atoms with Crippen LogP contribution in [0.4, 0.5) is 17.5 Å². The van der Waals surface area contributed by atoms with Crippen molar-refractivity contribution in [2.75, 3.05) is 64.0 Å². The summed E-state index contributed by atoms with van der Waals surface area (Å²) >= 11 is 38.7. The van der Waals surface area contributed by atoms with Crippen molar-refractivity contribution in [3.63, 3.8) is 0 Å². The second kappa shape index (κ2) is 44.8. The van der Waals surface area contributed by atoms with Gasteiger partial charge in [-0.1, -0.05) is 6.92 Å². The summed E-state index contributed by atoms with van der Waals surface area (Å²) in [6.45, 7) is -25.8. The van der Waals surface area contributed by atoms with Crippen molar-refractivity contribution in [3.8, 4) is 0 Å². The first-order valence-corrected chi connectivity index (χ1v) is 61.2. The van der Waals surface area contributed by atoms with Gasteiger partial charge in [-0.2, -0.15) is 9.97 Å². The highest BCUT2D eigenvalue weighted by atomic mass is 32.5. The summed E-state index contributed by atoms with van der Waals surface area (Å²) < 4.78 is 135. The van der Waals surface area contributed by atoms with Crippen molar-refractivity contribution in [2.24, 2.45) is 0 Å². The zero-order valence-electron chi connectivity index (χ0n) is 76.0. The predicted molar refractivity (Wildman–Crippen MR) is 522 cm³/mol. The number of nitrogens with zero attached hydrogens (tertiary/aromatic N) is 12. The number of hydrogen-bond acceptors (Lipinski definition) is 46. The van der Waals surface area contributed by atoms with E-state index < -0.39 is 291 Å². The van der Waals surface area contributed by atoms with Crippen molar-refractivity contribution >= 4 is 158 Å². The number of nitrogen functional groups attached to an aromatic ring is 3. The van der Waals surface area contributed by atoms with Crippen LogP contribution in [0.2, 0.25) is 0 Å². The van der Waals surface area contributed by atoms with Crippen molar-refractivity contribution in [1.29, 1.82) is 0 Å². The number of nitrogens with one attached hydrogen (secondary N) is 4. The minimum absolute atomic E-state index is 0.0180. The van der Waals surface area contributed by atoms with Gasteiger partial charge in [0.2, 0.25) is 0 Å². The van der Waals surface area contributed by atoms with Crippen LogP contribution in [0, 0.1) is 41.5 Å². The highest BCUT2D eigenvalue weighted by molar-refractivity contribution is 8.09. The third-order valence-electron chi connectivity index (χ3n) is 23.7. The van der Waals surface area contributed by atoms with E-state index in [2.05, 4.69) is 44.9 Å². The van der Waals surface area contributed by atoms with Crippen LogP contribution in [-0.4, -0.2) is 243 Å². The standard InChI is InChI=1S/C72H98N19O38P7S7/c1-9-37-38(10-51(116-37)85-17-31(2)59(73)79-67(85)96)124-131(103,138)110-28-50-44(16-57(122-50)91-30-78-58-61(75)76-29-77-62(58)91)129-136(108,143)115-27-49-43(15-56(121-49)90-22-36(7)66(95)84-72(90)101)128-135(107,142)114-26-48-42(14-55(120-48)89-21-35(6)65(94)83-71(89)100)127-134(106,141)113-25-47-41(13-54(119-47)88-20-34(5)64(93)82-70(88)99)126-133(105,140)112-24-46-40(12-52(118-46)86-18-32(3)60(74)80-68(86)97)125-132(104,139)111-23-45-39(123-130(102,137)109-8)11-53(117-45)87-19-33(4)63(92)81-69(87)98/h17-22,29-30,37-57H,9-16,23-28H2,1-8H3,(H,102,137)(H,103,138)(H,104,139)(H,105,140)(H,106,141)(H,107,142)(H,108,143)(H2,73,79,96)(H2,74,80,97)(H2,75,76,77)(H,81,92,98)(H,82,93,99)(H,83,94,100)(H,84,95,101)/t37-,38?,39?,40?,41?,42?,43?,44?,45-,46-,47-,48-,49-,50-,51-,52-,53-,54-,55-,56-,57-,130?,131?,132?,133?,134?,135?,136?/m1/s1. The number of fused-ring (bicyclic) bond motifs is 1. The monoisotopic (exact) mass is 2280 g/mol. The number of nitrogens with two attached hydrogens (primary N) is 3. The molecule has 143 heavy (non-hydrogen) atoms. The summed E-state index contributed by atoms with van der Waals surface area (Å²) in [5.41, 5.74) is 11.1. The van der Waals surface area contributed by atoms with Gasteiger partial charge in [0.05, 0.1) is 94.8 Å². The van der Waals surface area contributed by atoms with Crippen LogP contribution in [0.25, 0.3) is 11.2 Å². The van der Waals surface area contributed by atoms with Crippen LogP contribution < -0.4 is 73.6 Å². The number of rotatable bonds is 41. The maximum atomic E-state index is 13.6. The highest BCUT2D eigenvalue weighted by Crippen LogP contribution is 2.59. The molecule has 8 aromatic rings. The van der Waals surface area contributed by atoms with Gasteiger partial charge in [-0.25, -0.2) is 43.7 Å². The Balaban J connectivity index is 0.633. The van der Waals surface area contributed by atoms with Gasteiger partial charge in [-0.3, -0.25) is 71.1 Å². The van der Waals surface area contributed by atoms with Gasteiger partial charge in [0.1, 0.15) is 104 Å². The zero-order chi connectivity index (χ0) is 104. The highest BCUT2D eigenvalue weighted by Gasteiger charge is 2.52. The summed E-state index contributed by atoms with van der Waals surface area (Å²) in [4.78, 5) is 243. The lowest BCUT2D eigenvalue weighted by Crippen LogP contribution is -2.33. The number of ether oxygens (including phenoxy) is 7. The Morgan fingerprint density at radius 1 is 0.336 bits per heavy atom. The molecular weight excluding hydrogens is 2180 g/mol. The minimum atomic E-state index is -4.80. The molecule has 7 fully saturated rings. The molecule has 0 aromatic carbocycles. The molecule has 0 aliphatic carbocycles. The molecule has 14 unspecified atom stereocenters. The third kappa shape index (κ3) is 26.9. The smallest absolute Gasteiger partial charge is 0.351 e. The number of imidazole rings is 1. The Hall–Kier alpha value is -6.14. The first kappa shape index (κ1) is 111. The van der Waals surface area contributed by atoms with Gasteiger partial charge >= 0.3 is 81.2 Å². The number of anilines is 3. The Labute approximate surface area is 840 Å². The van der Waals surface area contributed by atoms with E-state index in [1.165, 1.54) is 74.3 Å². The summed E-state index contributed by atoms with van der Waals surface area (Å²) in [5.74, 6) is -0.0657. The lowest BCUT2D eigenvalue weighted by Gasteiger charge is -2.29. The number of aromatic nitrogens is 16. The van der Waals surface area contributed by atoms with Crippen molar-refractivity contribution < 1.29 is 131 Å². The second-order valence-electron chi connectivity index (χ2n) is 33.7. The van der Waals surface area contributed by atoms with Gasteiger partial charge in [0, 0.05) is 123 Å². The first-order chi connectivity index (χ1) is 67.1. The molecule has 57 nitrogen and oxygen atoms in total. The average Bonchev–Trinajstić information content (AvgIpc) is 1.61. The lowest BCUT2D eigenvalue weighted by molar-refractivity contribution is -0.0581. The normalized spacial score (nSPS) is 29.7. The fourth-order valence-electron chi connectivity index (χ4n) is 16.4. The van der Waals surface area contributed by atoms with Gasteiger partial charge < -0.3 is 148 Å². The van der Waals surface area contributed by atoms with Crippen molar-refractivity contribution in [3.05, 3.63) is 188 Å². The fourth-order valence-corrected chi connectivity index (χ4v) is 26.2. The number of aryl methyl sites for hydroxylation is 6. The molecule has 7 aliphatic heterocycles. The molecular formula is C72H98N19O38P7S7. The van der Waals surface area contributed by atoms with Crippen LogP contribution in [0.5, 0.6) is 0 Å². The summed E-state index contributed by atoms with van der Waals surface area (Å²) in [7, 11) is 1.09. The molecule has 7 aliphatic rings. The topological polar surface area (TPSA) is 746 Å². The van der Waals surface area contributed by atoms with Gasteiger partial charge in [-0.15, -0.1) is 0 Å². The molecule has 17 N–H and O–H groups in total. The first-order valence-electron chi connectivity index (χ1n) is 43.1. The lowest BCUT2D eigenvalue weighted by atomic mass is 10.1. The van der Waals surface area contributed by atoms with Crippen LogP contribution in [0.3, 0.4) is 0 Å². The molecule has 71 heteroatoms. The van der Waals surface area contributed by atoms with E-state index in [4.69, 9.17) is 196 Å². The maximum Gasteiger partial charge on any atom is 0.351 e. The van der Waals surface area contributed by atoms with Crippen LogP contribution in [0.1, 0.15) is 135 Å². The number of H-pyrrole nitrogens is 4. The number of aromatic amines is 4. The number of hydrogen-bond donors (Lipinski definition) is 14. The van der Waals surface area contributed by atoms with E-state index >= 15 is 0 Å². The van der Waals surface area contributed by atoms with E-state index in [1.54, 1.807) is 20.8 Å². The molecule has 8 aromatic heterocycles. The van der Waals surface area contributed by atoms with E-state index in [0.717, 1.165) is 42.3 Å². The molecule has 0 radical (unpaired) electrons. The molecule has 0 bridgehead atoms. The Kier molecular flexibility index (Phi) is 34.8. The molecule has 7 saturated heterocycles. The summed E-state index contributed by atoms with van der Waals surface area (Å²) in [5, 5.41) is 0. The van der Waals surface area contributed by atoms with Crippen molar-refractivity contribution in [2.45, 2.75) is 229 Å². The SMILES string of the molecule is CC[C@H]1O[C@@H](n2cc(C)c(N)nc2=O)CC1OP(O)(=S)OC[C@H]1O[C@@H](n2cnc3c(N)ncnc32)CC1OP(O)(=S)OC[C@H]1O[C@@H](n2cc(C)c(=O)[nH]c2=O)CC1OP(O)(=S)OC[C@H]1O[C@@H](n2cc(C)c(=O)[nH]c2=O)CC1OP(O)(=S)OC[C@H]1O[C@@H](n2cc(C)c(=O)[nH]c2=O)CC1OP(O)(=S)OC[C@H]1O[C@@H](n2cc(C)c(N)nc2=O)CC1OP(O)(=S)OC[C@H]1O[C@@H](n2cc(C)c(=O)[nH]c2=O)CC1OP(O)(=S)OC. The molecule has 786 valence electrons.